The molecule has 0 spiro atoms. The van der Waals surface area contributed by atoms with E-state index >= 15 is 0 Å². The van der Waals surface area contributed by atoms with Gasteiger partial charge in [0, 0.05) is 18.2 Å². The minimum Gasteiger partial charge on any atom is -0.394 e. The van der Waals surface area contributed by atoms with Gasteiger partial charge in [-0.25, -0.2) is 4.79 Å². The van der Waals surface area contributed by atoms with Gasteiger partial charge in [-0.05, 0) is 31.4 Å². The number of nitrogens with one attached hydrogen (secondary N) is 1. The van der Waals surface area contributed by atoms with Crippen LogP contribution in [0.25, 0.3) is 0 Å². The van der Waals surface area contributed by atoms with Crippen LogP contribution in [0.1, 0.15) is 29.9 Å². The van der Waals surface area contributed by atoms with Crippen LogP contribution < -0.4 is 11.0 Å². The Labute approximate surface area is 176 Å². The van der Waals surface area contributed by atoms with Crippen molar-refractivity contribution in [1.29, 1.82) is 0 Å². The molecule has 1 aromatic heterocycles. The number of hydrogen-bond donors (Lipinski definition) is 2. The molecule has 10 heteroatoms. The van der Waals surface area contributed by atoms with Gasteiger partial charge in [0.05, 0.1) is 12.7 Å². The lowest BCUT2D eigenvalue weighted by molar-refractivity contribution is -0.0645. The van der Waals surface area contributed by atoms with Gasteiger partial charge in [-0.3, -0.25) is 9.36 Å². The molecule has 0 bridgehead atoms. The number of anilines is 1. The van der Waals surface area contributed by atoms with Crippen molar-refractivity contribution in [1.82, 2.24) is 9.55 Å². The van der Waals surface area contributed by atoms with E-state index in [0.717, 1.165) is 0 Å². The lowest BCUT2D eigenvalue weighted by Crippen LogP contribution is -2.30. The molecule has 1 aromatic carbocycles. The van der Waals surface area contributed by atoms with Gasteiger partial charge in [-0.1, -0.05) is 39.8 Å². The molecule has 2 N–H and O–H groups in total. The minimum atomic E-state index is -0.595. The Morgan fingerprint density at radius 3 is 2.83 bits per heavy atom. The van der Waals surface area contributed by atoms with Crippen molar-refractivity contribution in [2.45, 2.75) is 37.2 Å². The smallest absolute Gasteiger partial charge is 0.351 e. The molecule has 1 unspecified atom stereocenters. The van der Waals surface area contributed by atoms with Gasteiger partial charge >= 0.3 is 5.69 Å². The maximum absolute atomic E-state index is 12.5. The third-order valence-corrected chi connectivity index (χ3v) is 6.34. The van der Waals surface area contributed by atoms with Crippen molar-refractivity contribution in [3.05, 3.63) is 58.6 Å². The summed E-state index contributed by atoms with van der Waals surface area (Å²) in [4.78, 5) is 28.6. The van der Waals surface area contributed by atoms with Crippen LogP contribution in [0, 0.1) is 0 Å². The highest BCUT2D eigenvalue weighted by molar-refractivity contribution is 8.76. The molecular weight excluding hydrogens is 414 g/mol. The van der Waals surface area contributed by atoms with Gasteiger partial charge < -0.3 is 19.9 Å². The monoisotopic (exact) mass is 437 g/mol. The topological polar surface area (TPSA) is 103 Å². The number of benzene rings is 1. The van der Waals surface area contributed by atoms with Crippen LogP contribution in [-0.2, 0) is 9.47 Å². The fraction of sp³-hybridized carbons (Fsp3) is 0.421. The Morgan fingerprint density at radius 2 is 2.17 bits per heavy atom. The van der Waals surface area contributed by atoms with Gasteiger partial charge in [-0.15, -0.1) is 0 Å². The number of ether oxygens (including phenoxy) is 2. The second-order valence-electron chi connectivity index (χ2n) is 6.38. The summed E-state index contributed by atoms with van der Waals surface area (Å²) < 4.78 is 13.1. The third kappa shape index (κ3) is 5.61. The molecule has 1 aliphatic rings. The molecule has 1 amide bonds. The third-order valence-electron chi connectivity index (χ3n) is 4.38. The van der Waals surface area contributed by atoms with Crippen LogP contribution in [0.5, 0.6) is 0 Å². The van der Waals surface area contributed by atoms with Gasteiger partial charge in [0.25, 0.3) is 5.91 Å². The summed E-state index contributed by atoms with van der Waals surface area (Å²) in [6.07, 6.45) is 2.46. The number of carbonyl (C=O) groups excluding carboxylic acids is 1. The van der Waals surface area contributed by atoms with E-state index in [1.165, 1.54) is 10.8 Å². The van der Waals surface area contributed by atoms with Crippen LogP contribution in [0.4, 0.5) is 5.82 Å². The Morgan fingerprint density at radius 1 is 1.41 bits per heavy atom. The van der Waals surface area contributed by atoms with E-state index in [9.17, 15) is 14.7 Å². The highest BCUT2D eigenvalue weighted by Crippen LogP contribution is 2.33. The first-order chi connectivity index (χ1) is 14.0. The number of nitrogens with zero attached hydrogens (tertiary/aromatic N) is 2. The van der Waals surface area contributed by atoms with Crippen LogP contribution in [0.3, 0.4) is 0 Å². The molecule has 2 heterocycles. The molecule has 8 nitrogen and oxygen atoms in total. The van der Waals surface area contributed by atoms with Crippen molar-refractivity contribution in [3.63, 3.8) is 0 Å². The normalized spacial score (nSPS) is 22.4. The first-order valence-electron chi connectivity index (χ1n) is 9.08. The first-order valence-corrected chi connectivity index (χ1v) is 11.7. The highest BCUT2D eigenvalue weighted by atomic mass is 33.1. The average Bonchev–Trinajstić information content (AvgIpc) is 3.11. The summed E-state index contributed by atoms with van der Waals surface area (Å²) in [6.45, 7) is 1.73. The van der Waals surface area contributed by atoms with Crippen LogP contribution in [0.2, 0.25) is 0 Å². The highest BCUT2D eigenvalue weighted by Gasteiger charge is 2.38. The molecule has 0 saturated carbocycles. The summed E-state index contributed by atoms with van der Waals surface area (Å²) >= 11 is 0. The Balaban J connectivity index is 1.68. The van der Waals surface area contributed by atoms with Gasteiger partial charge in [-0.2, -0.15) is 4.98 Å². The molecule has 4 atom stereocenters. The Hall–Kier alpha value is -1.85. The molecule has 3 rings (SSSR count). The molecule has 156 valence electrons. The molecule has 29 heavy (non-hydrogen) atoms. The summed E-state index contributed by atoms with van der Waals surface area (Å²) in [5, 5.41) is 12.2. The van der Waals surface area contributed by atoms with Crippen LogP contribution in [-0.4, -0.2) is 51.1 Å². The maximum atomic E-state index is 12.5. The van der Waals surface area contributed by atoms with E-state index in [1.807, 2.05) is 19.2 Å². The molecular formula is C19H23N3O5S2. The van der Waals surface area contributed by atoms with Gasteiger partial charge in [0.2, 0.25) is 0 Å². The van der Waals surface area contributed by atoms with Crippen molar-refractivity contribution >= 4 is 33.3 Å². The lowest BCUT2D eigenvalue weighted by Gasteiger charge is -2.20. The largest absolute Gasteiger partial charge is 0.394 e. The molecule has 2 aromatic rings. The van der Waals surface area contributed by atoms with Crippen LogP contribution in [0.15, 0.2) is 47.4 Å². The number of amides is 1. The fourth-order valence-corrected chi connectivity index (χ4v) is 4.47. The van der Waals surface area contributed by atoms with Crippen LogP contribution >= 0.6 is 21.6 Å². The fourth-order valence-electron chi connectivity index (χ4n) is 3.06. The molecule has 0 aliphatic carbocycles. The number of rotatable bonds is 8. The van der Waals surface area contributed by atoms with Gasteiger partial charge in [0.15, 0.2) is 0 Å². The van der Waals surface area contributed by atoms with Crippen molar-refractivity contribution in [3.8, 4) is 0 Å². The van der Waals surface area contributed by atoms with E-state index < -0.39 is 18.0 Å². The SMILES string of the molecule is CSS[C@H](C)OC1C[C@H](n2ccc(NC(=O)c3ccccc3)nc2=O)O[C@@H]1CO. The predicted octanol–water partition coefficient (Wildman–Crippen LogP) is 2.52. The number of aliphatic hydroxyl groups is 1. The standard InChI is InChI=1S/C19H23N3O5S2/c1-12(29-28-2)26-14-10-17(27-15(14)11-23)22-9-8-16(21-19(22)25)20-18(24)13-6-4-3-5-7-13/h3-9,12,14-15,17,23H,10-11H2,1-2H3,(H,20,21,24,25)/t12-,14?,15-,17-/m1/s1. The first kappa shape index (κ1) is 21.8. The Kier molecular flexibility index (Phi) is 7.73. The second-order valence-corrected chi connectivity index (χ2v) is 9.14. The zero-order chi connectivity index (χ0) is 20.8. The molecule has 1 saturated heterocycles. The lowest BCUT2D eigenvalue weighted by atomic mass is 10.2. The minimum absolute atomic E-state index is 0.0724. The van der Waals surface area contributed by atoms with Crippen molar-refractivity contribution in [2.24, 2.45) is 0 Å². The summed E-state index contributed by atoms with van der Waals surface area (Å²) in [7, 11) is 3.17. The van der Waals surface area contributed by atoms with E-state index in [4.69, 9.17) is 9.47 Å². The van der Waals surface area contributed by atoms with E-state index in [-0.39, 0.29) is 29.9 Å². The Bertz CT molecular complexity index is 880. The summed E-state index contributed by atoms with van der Waals surface area (Å²) in [6, 6.07) is 10.2. The number of carbonyl (C=O) groups is 1. The average molecular weight is 438 g/mol. The maximum Gasteiger partial charge on any atom is 0.351 e. The van der Waals surface area contributed by atoms with Gasteiger partial charge in [0.1, 0.15) is 23.6 Å². The van der Waals surface area contributed by atoms with E-state index in [2.05, 4.69) is 10.3 Å². The number of hydrogen-bond acceptors (Lipinski definition) is 8. The number of aliphatic hydroxyl groups excluding tert-OH is 1. The predicted molar refractivity (Wildman–Crippen MR) is 114 cm³/mol. The zero-order valence-corrected chi connectivity index (χ0v) is 17.7. The summed E-state index contributed by atoms with van der Waals surface area (Å²) in [5.74, 6) is -0.184. The second kappa shape index (κ2) is 10.3. The molecule has 0 radical (unpaired) electrons. The number of aromatic nitrogens is 2. The zero-order valence-electron chi connectivity index (χ0n) is 16.1. The summed E-state index contributed by atoms with van der Waals surface area (Å²) in [5.41, 5.74) is -0.151. The van der Waals surface area contributed by atoms with E-state index in [1.54, 1.807) is 51.9 Å². The quantitative estimate of drug-likeness (QED) is 0.480. The molecule has 1 aliphatic heterocycles. The van der Waals surface area contributed by atoms with Crippen molar-refractivity contribution in [2.75, 3.05) is 18.2 Å². The molecule has 1 fully saturated rings. The van der Waals surface area contributed by atoms with Crippen molar-refractivity contribution < 1.29 is 19.4 Å². The van der Waals surface area contributed by atoms with E-state index in [0.29, 0.717) is 12.0 Å².